The van der Waals surface area contributed by atoms with Gasteiger partial charge in [0.15, 0.2) is 0 Å². The lowest BCUT2D eigenvalue weighted by Crippen LogP contribution is -2.08. The molecule has 1 aromatic carbocycles. The van der Waals surface area contributed by atoms with Crippen molar-refractivity contribution in [1.82, 2.24) is 15.4 Å². The SMILES string of the molecule is CCCCC(F)CCCCOC(=O)c1cccc2n[nH]nc12. The van der Waals surface area contributed by atoms with Gasteiger partial charge < -0.3 is 4.74 Å². The van der Waals surface area contributed by atoms with Crippen molar-refractivity contribution in [3.63, 3.8) is 0 Å². The minimum absolute atomic E-state index is 0.299. The van der Waals surface area contributed by atoms with Crippen LogP contribution in [0.2, 0.25) is 0 Å². The summed E-state index contributed by atoms with van der Waals surface area (Å²) >= 11 is 0. The van der Waals surface area contributed by atoms with E-state index in [9.17, 15) is 9.18 Å². The number of H-pyrrole nitrogens is 1. The van der Waals surface area contributed by atoms with Gasteiger partial charge in [0.1, 0.15) is 17.2 Å². The van der Waals surface area contributed by atoms with E-state index in [2.05, 4.69) is 22.3 Å². The van der Waals surface area contributed by atoms with Crippen LogP contribution in [-0.4, -0.2) is 34.2 Å². The van der Waals surface area contributed by atoms with E-state index in [1.54, 1.807) is 18.2 Å². The molecule has 5 nitrogen and oxygen atoms in total. The Balaban J connectivity index is 1.71. The molecule has 120 valence electrons. The number of hydrogen-bond acceptors (Lipinski definition) is 4. The van der Waals surface area contributed by atoms with Crippen LogP contribution < -0.4 is 0 Å². The fourth-order valence-corrected chi connectivity index (χ4v) is 2.31. The Labute approximate surface area is 129 Å². The molecule has 0 saturated heterocycles. The summed E-state index contributed by atoms with van der Waals surface area (Å²) < 4.78 is 18.7. The molecule has 1 N–H and O–H groups in total. The number of halogens is 1. The van der Waals surface area contributed by atoms with Crippen molar-refractivity contribution in [3.05, 3.63) is 23.8 Å². The second-order valence-electron chi connectivity index (χ2n) is 5.37. The summed E-state index contributed by atoms with van der Waals surface area (Å²) in [6.07, 6.45) is 3.78. The lowest BCUT2D eigenvalue weighted by atomic mass is 10.1. The van der Waals surface area contributed by atoms with Gasteiger partial charge in [0.25, 0.3) is 0 Å². The van der Waals surface area contributed by atoms with Crippen molar-refractivity contribution >= 4 is 17.0 Å². The number of benzene rings is 1. The van der Waals surface area contributed by atoms with Crippen molar-refractivity contribution in [2.24, 2.45) is 0 Å². The Morgan fingerprint density at radius 2 is 2.09 bits per heavy atom. The summed E-state index contributed by atoms with van der Waals surface area (Å²) in [5.41, 5.74) is 1.54. The highest BCUT2D eigenvalue weighted by atomic mass is 19.1. The van der Waals surface area contributed by atoms with Gasteiger partial charge in [-0.25, -0.2) is 9.18 Å². The number of aromatic nitrogens is 3. The van der Waals surface area contributed by atoms with E-state index in [4.69, 9.17) is 4.74 Å². The molecule has 0 saturated carbocycles. The van der Waals surface area contributed by atoms with E-state index in [1.807, 2.05) is 0 Å². The normalized spacial score (nSPS) is 12.5. The fourth-order valence-electron chi connectivity index (χ4n) is 2.31. The molecule has 1 atom stereocenters. The molecule has 1 aromatic heterocycles. The summed E-state index contributed by atoms with van der Waals surface area (Å²) in [5.74, 6) is -0.415. The number of para-hydroxylation sites is 1. The van der Waals surface area contributed by atoms with Gasteiger partial charge in [0, 0.05) is 0 Å². The average Bonchev–Trinajstić information content (AvgIpc) is 3.00. The van der Waals surface area contributed by atoms with Gasteiger partial charge in [-0.15, -0.1) is 0 Å². The van der Waals surface area contributed by atoms with Crippen molar-refractivity contribution < 1.29 is 13.9 Å². The van der Waals surface area contributed by atoms with Gasteiger partial charge in [-0.1, -0.05) is 25.8 Å². The van der Waals surface area contributed by atoms with Crippen molar-refractivity contribution in [2.45, 2.75) is 51.6 Å². The Kier molecular flexibility index (Phi) is 6.30. The van der Waals surface area contributed by atoms with E-state index in [-0.39, 0.29) is 0 Å². The van der Waals surface area contributed by atoms with E-state index in [0.29, 0.717) is 42.5 Å². The number of alkyl halides is 1. The molecule has 1 unspecified atom stereocenters. The number of hydrogen-bond donors (Lipinski definition) is 1. The van der Waals surface area contributed by atoms with Crippen LogP contribution in [0.15, 0.2) is 18.2 Å². The highest BCUT2D eigenvalue weighted by Crippen LogP contribution is 2.15. The van der Waals surface area contributed by atoms with Gasteiger partial charge in [-0.2, -0.15) is 15.4 Å². The van der Waals surface area contributed by atoms with E-state index in [0.717, 1.165) is 19.3 Å². The zero-order valence-corrected chi connectivity index (χ0v) is 12.8. The largest absolute Gasteiger partial charge is 0.462 e. The molecular formula is C16H22FN3O2. The molecule has 0 spiro atoms. The molecule has 1 heterocycles. The zero-order chi connectivity index (χ0) is 15.8. The number of rotatable bonds is 9. The summed E-state index contributed by atoms with van der Waals surface area (Å²) in [6, 6.07) is 5.17. The predicted molar refractivity (Wildman–Crippen MR) is 82.4 cm³/mol. The van der Waals surface area contributed by atoms with Crippen LogP contribution in [0.3, 0.4) is 0 Å². The monoisotopic (exact) mass is 307 g/mol. The molecule has 0 bridgehead atoms. The predicted octanol–water partition coefficient (Wildman–Crippen LogP) is 3.81. The molecule has 0 radical (unpaired) electrons. The molecule has 0 fully saturated rings. The molecule has 0 aliphatic rings. The number of carbonyl (C=O) groups excluding carboxylic acids is 1. The molecule has 2 aromatic rings. The van der Waals surface area contributed by atoms with Gasteiger partial charge in [0.2, 0.25) is 0 Å². The zero-order valence-electron chi connectivity index (χ0n) is 12.8. The molecule has 0 aliphatic carbocycles. The number of esters is 1. The van der Waals surface area contributed by atoms with Crippen LogP contribution >= 0.6 is 0 Å². The maximum atomic E-state index is 13.5. The lowest BCUT2D eigenvalue weighted by Gasteiger charge is -2.08. The third kappa shape index (κ3) is 4.51. The number of unbranched alkanes of at least 4 members (excludes halogenated alkanes) is 2. The average molecular weight is 307 g/mol. The van der Waals surface area contributed by atoms with Crippen LogP contribution in [0.1, 0.15) is 55.8 Å². The second kappa shape index (κ2) is 8.46. The first-order valence-corrected chi connectivity index (χ1v) is 7.83. The molecular weight excluding hydrogens is 285 g/mol. The lowest BCUT2D eigenvalue weighted by molar-refractivity contribution is 0.0498. The topological polar surface area (TPSA) is 67.9 Å². The summed E-state index contributed by atoms with van der Waals surface area (Å²) in [7, 11) is 0. The molecule has 6 heteroatoms. The molecule has 22 heavy (non-hydrogen) atoms. The quantitative estimate of drug-likeness (QED) is 0.565. The molecule has 0 aliphatic heterocycles. The van der Waals surface area contributed by atoms with Crippen LogP contribution in [0.5, 0.6) is 0 Å². The Bertz CT molecular complexity index is 600. The van der Waals surface area contributed by atoms with Gasteiger partial charge in [0.05, 0.1) is 12.2 Å². The second-order valence-corrected chi connectivity index (χ2v) is 5.37. The number of carbonyl (C=O) groups is 1. The first-order chi connectivity index (χ1) is 10.7. The highest BCUT2D eigenvalue weighted by molar-refractivity contribution is 6.01. The third-order valence-electron chi connectivity index (χ3n) is 3.58. The van der Waals surface area contributed by atoms with Crippen LogP contribution in [0.25, 0.3) is 11.0 Å². The Hall–Kier alpha value is -1.98. The van der Waals surface area contributed by atoms with E-state index in [1.165, 1.54) is 0 Å². The van der Waals surface area contributed by atoms with Crippen LogP contribution in [-0.2, 0) is 4.74 Å². The first kappa shape index (κ1) is 16.4. The standard InChI is InChI=1S/C16H22FN3O2/c1-2-3-7-12(17)8-4-5-11-22-16(21)13-9-6-10-14-15(13)19-20-18-14/h6,9-10,12H,2-5,7-8,11H2,1H3,(H,18,19,20). The Morgan fingerprint density at radius 1 is 1.27 bits per heavy atom. The van der Waals surface area contributed by atoms with Crippen molar-refractivity contribution in [2.75, 3.05) is 6.61 Å². The number of nitrogens with one attached hydrogen (secondary N) is 1. The Morgan fingerprint density at radius 3 is 2.91 bits per heavy atom. The number of aromatic amines is 1. The van der Waals surface area contributed by atoms with Gasteiger partial charge in [-0.3, -0.25) is 0 Å². The van der Waals surface area contributed by atoms with E-state index >= 15 is 0 Å². The number of fused-ring (bicyclic) bond motifs is 1. The van der Waals surface area contributed by atoms with Crippen molar-refractivity contribution in [3.8, 4) is 0 Å². The highest BCUT2D eigenvalue weighted by Gasteiger charge is 2.14. The first-order valence-electron chi connectivity index (χ1n) is 7.83. The summed E-state index contributed by atoms with van der Waals surface area (Å²) in [6.45, 7) is 2.36. The van der Waals surface area contributed by atoms with Gasteiger partial charge in [-0.05, 0) is 37.8 Å². The van der Waals surface area contributed by atoms with E-state index < -0.39 is 12.1 Å². The smallest absolute Gasteiger partial charge is 0.340 e. The maximum Gasteiger partial charge on any atom is 0.340 e. The maximum absolute atomic E-state index is 13.5. The van der Waals surface area contributed by atoms with Crippen molar-refractivity contribution in [1.29, 1.82) is 0 Å². The van der Waals surface area contributed by atoms with Gasteiger partial charge >= 0.3 is 5.97 Å². The van der Waals surface area contributed by atoms with Crippen LogP contribution in [0, 0.1) is 0 Å². The van der Waals surface area contributed by atoms with Crippen LogP contribution in [0.4, 0.5) is 4.39 Å². The number of nitrogens with zero attached hydrogens (tertiary/aromatic N) is 2. The summed E-state index contributed by atoms with van der Waals surface area (Å²) in [5, 5.41) is 10.4. The fraction of sp³-hybridized carbons (Fsp3) is 0.562. The minimum atomic E-state index is -0.737. The third-order valence-corrected chi connectivity index (χ3v) is 3.58. The minimum Gasteiger partial charge on any atom is -0.462 e. The summed E-state index contributed by atoms with van der Waals surface area (Å²) in [4.78, 5) is 12.0. The molecule has 0 amide bonds. The molecule has 2 rings (SSSR count). The number of ether oxygens (including phenoxy) is 1.